The van der Waals surface area contributed by atoms with E-state index < -0.39 is 0 Å². The minimum absolute atomic E-state index is 0.506. The largest absolute Gasteiger partial charge is 0.361 e. The van der Waals surface area contributed by atoms with Gasteiger partial charge >= 0.3 is 0 Å². The Bertz CT molecular complexity index is 588. The first-order valence-corrected chi connectivity index (χ1v) is 7.16. The summed E-state index contributed by atoms with van der Waals surface area (Å²) >= 11 is 0. The molecular formula is C14H21N5O. The van der Waals surface area contributed by atoms with Crippen molar-refractivity contribution >= 4 is 0 Å². The third-order valence-corrected chi connectivity index (χ3v) is 3.89. The van der Waals surface area contributed by atoms with Gasteiger partial charge < -0.3 is 4.52 Å². The number of hydrogen-bond donors (Lipinski definition) is 0. The molecule has 0 saturated carbocycles. The predicted octanol–water partition coefficient (Wildman–Crippen LogP) is 1.86. The lowest BCUT2D eigenvalue weighted by atomic mass is 10.2. The zero-order valence-corrected chi connectivity index (χ0v) is 12.3. The van der Waals surface area contributed by atoms with Gasteiger partial charge in [-0.15, -0.1) is 0 Å². The second-order valence-corrected chi connectivity index (χ2v) is 5.58. The third-order valence-electron chi connectivity index (χ3n) is 3.89. The van der Waals surface area contributed by atoms with Crippen LogP contribution in [0.3, 0.4) is 0 Å². The van der Waals surface area contributed by atoms with Gasteiger partial charge in [-0.2, -0.15) is 5.10 Å². The van der Waals surface area contributed by atoms with Gasteiger partial charge in [0.2, 0.25) is 0 Å². The first-order chi connectivity index (χ1) is 9.61. The summed E-state index contributed by atoms with van der Waals surface area (Å²) in [6.07, 6.45) is 2.43. The first kappa shape index (κ1) is 13.3. The van der Waals surface area contributed by atoms with Crippen molar-refractivity contribution in [1.82, 2.24) is 24.8 Å². The molecule has 20 heavy (non-hydrogen) atoms. The molecule has 0 bridgehead atoms. The topological polar surface area (TPSA) is 60.0 Å². The van der Waals surface area contributed by atoms with Crippen molar-refractivity contribution in [2.75, 3.05) is 6.54 Å². The quantitative estimate of drug-likeness (QED) is 0.852. The zero-order chi connectivity index (χ0) is 14.1. The number of rotatable bonds is 4. The standard InChI is InChI=1S/C14H21N5O/c1-10-7-13(17-20-10)8-18-6-4-5-14(18)9-19-12(3)15-11(2)16-19/h7,14H,4-6,8-9H2,1-3H3/t14-/m1/s1. The molecule has 0 aromatic carbocycles. The maximum atomic E-state index is 5.15. The van der Waals surface area contributed by atoms with E-state index in [0.29, 0.717) is 6.04 Å². The second-order valence-electron chi connectivity index (χ2n) is 5.58. The van der Waals surface area contributed by atoms with Crippen LogP contribution in [-0.2, 0) is 13.1 Å². The van der Waals surface area contributed by atoms with Gasteiger partial charge in [0.25, 0.3) is 0 Å². The Morgan fingerprint density at radius 2 is 2.20 bits per heavy atom. The highest BCUT2D eigenvalue weighted by molar-refractivity contribution is 5.04. The van der Waals surface area contributed by atoms with Gasteiger partial charge in [-0.05, 0) is 40.2 Å². The van der Waals surface area contributed by atoms with Crippen molar-refractivity contribution in [2.24, 2.45) is 0 Å². The molecule has 0 radical (unpaired) electrons. The minimum atomic E-state index is 0.506. The van der Waals surface area contributed by atoms with Crippen molar-refractivity contribution < 1.29 is 4.52 Å². The highest BCUT2D eigenvalue weighted by Crippen LogP contribution is 2.21. The molecule has 1 saturated heterocycles. The summed E-state index contributed by atoms with van der Waals surface area (Å²) in [5.41, 5.74) is 1.01. The van der Waals surface area contributed by atoms with Crippen LogP contribution in [0, 0.1) is 20.8 Å². The summed E-state index contributed by atoms with van der Waals surface area (Å²) in [5, 5.41) is 8.56. The van der Waals surface area contributed by atoms with Crippen LogP contribution in [-0.4, -0.2) is 37.4 Å². The summed E-state index contributed by atoms with van der Waals surface area (Å²) in [6.45, 7) is 8.76. The molecule has 0 spiro atoms. The number of nitrogens with zero attached hydrogens (tertiary/aromatic N) is 5. The molecule has 1 fully saturated rings. The number of hydrogen-bond acceptors (Lipinski definition) is 5. The molecular weight excluding hydrogens is 254 g/mol. The van der Waals surface area contributed by atoms with Crippen molar-refractivity contribution in [3.05, 3.63) is 29.2 Å². The summed E-state index contributed by atoms with van der Waals surface area (Å²) in [4.78, 5) is 6.84. The smallest absolute Gasteiger partial charge is 0.147 e. The van der Waals surface area contributed by atoms with Gasteiger partial charge in [0.05, 0.1) is 12.2 Å². The van der Waals surface area contributed by atoms with E-state index >= 15 is 0 Å². The van der Waals surface area contributed by atoms with E-state index in [-0.39, 0.29) is 0 Å². The van der Waals surface area contributed by atoms with Crippen LogP contribution >= 0.6 is 0 Å². The van der Waals surface area contributed by atoms with E-state index in [1.165, 1.54) is 12.8 Å². The Balaban J connectivity index is 1.67. The normalized spacial score (nSPS) is 19.9. The number of aromatic nitrogens is 4. The van der Waals surface area contributed by atoms with Crippen LogP contribution in [0.1, 0.15) is 35.9 Å². The molecule has 2 aromatic rings. The fourth-order valence-electron chi connectivity index (χ4n) is 2.94. The minimum Gasteiger partial charge on any atom is -0.361 e. The lowest BCUT2D eigenvalue weighted by molar-refractivity contribution is 0.212. The van der Waals surface area contributed by atoms with E-state index in [2.05, 4.69) is 20.1 Å². The van der Waals surface area contributed by atoms with Gasteiger partial charge in [0.15, 0.2) is 0 Å². The van der Waals surface area contributed by atoms with Gasteiger partial charge in [-0.25, -0.2) is 9.67 Å². The summed E-state index contributed by atoms with van der Waals surface area (Å²) < 4.78 is 7.17. The van der Waals surface area contributed by atoms with E-state index in [1.807, 2.05) is 31.5 Å². The molecule has 108 valence electrons. The van der Waals surface area contributed by atoms with Crippen LogP contribution in [0.4, 0.5) is 0 Å². The molecule has 0 aliphatic carbocycles. The lowest BCUT2D eigenvalue weighted by Gasteiger charge is -2.23. The average molecular weight is 275 g/mol. The average Bonchev–Trinajstić information content (AvgIpc) is 3.05. The fraction of sp³-hybridized carbons (Fsp3) is 0.643. The van der Waals surface area contributed by atoms with E-state index in [9.17, 15) is 0 Å². The Kier molecular flexibility index (Phi) is 3.56. The van der Waals surface area contributed by atoms with Crippen molar-refractivity contribution in [1.29, 1.82) is 0 Å². The molecule has 0 N–H and O–H groups in total. The molecule has 6 nitrogen and oxygen atoms in total. The highest BCUT2D eigenvalue weighted by atomic mass is 16.5. The molecule has 0 amide bonds. The molecule has 1 aliphatic heterocycles. The number of aryl methyl sites for hydroxylation is 3. The van der Waals surface area contributed by atoms with Crippen molar-refractivity contribution in [3.8, 4) is 0 Å². The molecule has 1 aliphatic rings. The van der Waals surface area contributed by atoms with Crippen molar-refractivity contribution in [3.63, 3.8) is 0 Å². The van der Waals surface area contributed by atoms with Crippen LogP contribution in [0.15, 0.2) is 10.6 Å². The van der Waals surface area contributed by atoms with Crippen LogP contribution in [0.5, 0.6) is 0 Å². The Morgan fingerprint density at radius 3 is 2.85 bits per heavy atom. The maximum absolute atomic E-state index is 5.15. The molecule has 6 heteroatoms. The van der Waals surface area contributed by atoms with Gasteiger partial charge in [-0.1, -0.05) is 5.16 Å². The summed E-state index contributed by atoms with van der Waals surface area (Å²) in [5.74, 6) is 2.71. The second kappa shape index (κ2) is 5.36. The molecule has 1 atom stereocenters. The SMILES string of the molecule is Cc1nc(C)n(C[C@H]2CCCN2Cc2cc(C)on2)n1. The summed E-state index contributed by atoms with van der Waals surface area (Å²) in [6, 6.07) is 2.52. The van der Waals surface area contributed by atoms with Gasteiger partial charge in [0.1, 0.15) is 17.4 Å². The Hall–Kier alpha value is -1.69. The number of likely N-dealkylation sites (tertiary alicyclic amines) is 1. The van der Waals surface area contributed by atoms with Crippen molar-refractivity contribution in [2.45, 2.75) is 52.7 Å². The van der Waals surface area contributed by atoms with Crippen LogP contribution in [0.25, 0.3) is 0 Å². The monoisotopic (exact) mass is 275 g/mol. The molecule has 2 aromatic heterocycles. The maximum Gasteiger partial charge on any atom is 0.147 e. The van der Waals surface area contributed by atoms with Crippen LogP contribution < -0.4 is 0 Å². The molecule has 3 rings (SSSR count). The van der Waals surface area contributed by atoms with Gasteiger partial charge in [0, 0.05) is 18.7 Å². The third kappa shape index (κ3) is 2.75. The highest BCUT2D eigenvalue weighted by Gasteiger charge is 2.26. The van der Waals surface area contributed by atoms with Crippen LogP contribution in [0.2, 0.25) is 0 Å². The Labute approximate surface area is 118 Å². The molecule has 0 unspecified atom stereocenters. The fourth-order valence-corrected chi connectivity index (χ4v) is 2.94. The zero-order valence-electron chi connectivity index (χ0n) is 12.3. The predicted molar refractivity (Wildman–Crippen MR) is 74.2 cm³/mol. The molecule has 3 heterocycles. The van der Waals surface area contributed by atoms with E-state index in [0.717, 1.165) is 42.7 Å². The van der Waals surface area contributed by atoms with Gasteiger partial charge in [-0.3, -0.25) is 4.90 Å². The summed E-state index contributed by atoms with van der Waals surface area (Å²) in [7, 11) is 0. The first-order valence-electron chi connectivity index (χ1n) is 7.16. The van der Waals surface area contributed by atoms with E-state index in [1.54, 1.807) is 0 Å². The van der Waals surface area contributed by atoms with E-state index in [4.69, 9.17) is 4.52 Å². The Morgan fingerprint density at radius 1 is 1.35 bits per heavy atom. The lowest BCUT2D eigenvalue weighted by Crippen LogP contribution is -2.33.